The van der Waals surface area contributed by atoms with Crippen molar-refractivity contribution in [1.29, 1.82) is 0 Å². The summed E-state index contributed by atoms with van der Waals surface area (Å²) in [6.07, 6.45) is 1.91. The van der Waals surface area contributed by atoms with Crippen LogP contribution in [0.2, 0.25) is 0 Å². The van der Waals surface area contributed by atoms with Crippen molar-refractivity contribution in [3.8, 4) is 5.75 Å². The molecule has 1 aromatic carbocycles. The number of quaternary nitrogens is 1. The molecule has 1 aliphatic heterocycles. The lowest BCUT2D eigenvalue weighted by molar-refractivity contribution is -0.910. The van der Waals surface area contributed by atoms with Gasteiger partial charge < -0.3 is 18.9 Å². The number of rotatable bonds is 4. The number of hydrogen-bond donors (Lipinski definition) is 1. The second kappa shape index (κ2) is 6.65. The number of ether oxygens (including phenoxy) is 2. The third kappa shape index (κ3) is 2.87. The van der Waals surface area contributed by atoms with E-state index >= 15 is 0 Å². The van der Waals surface area contributed by atoms with Crippen LogP contribution in [-0.4, -0.2) is 49.5 Å². The van der Waals surface area contributed by atoms with E-state index in [9.17, 15) is 0 Å². The van der Waals surface area contributed by atoms with E-state index < -0.39 is 0 Å². The highest BCUT2D eigenvalue weighted by molar-refractivity contribution is 6.09. The average molecular weight is 340 g/mol. The lowest BCUT2D eigenvalue weighted by Crippen LogP contribution is -3.14. The number of methoxy groups -OCH3 is 1. The first-order chi connectivity index (χ1) is 12.2. The number of morpholine rings is 1. The zero-order chi connectivity index (χ0) is 17.4. The van der Waals surface area contributed by atoms with Crippen LogP contribution in [0.15, 0.2) is 30.5 Å². The van der Waals surface area contributed by atoms with Crippen molar-refractivity contribution in [1.82, 2.24) is 9.55 Å². The summed E-state index contributed by atoms with van der Waals surface area (Å²) in [6, 6.07) is 8.87. The van der Waals surface area contributed by atoms with Crippen LogP contribution in [0.5, 0.6) is 5.75 Å². The highest BCUT2D eigenvalue weighted by Gasteiger charge is 2.22. The average Bonchev–Trinajstić information content (AvgIpc) is 2.97. The molecule has 1 aliphatic rings. The normalized spacial score (nSPS) is 17.2. The number of pyridine rings is 1. The number of fused-ring (bicyclic) bond motifs is 3. The zero-order valence-electron chi connectivity index (χ0n) is 15.2. The van der Waals surface area contributed by atoms with Gasteiger partial charge >= 0.3 is 0 Å². The summed E-state index contributed by atoms with van der Waals surface area (Å²) < 4.78 is 13.4. The van der Waals surface area contributed by atoms with Gasteiger partial charge in [0.05, 0.1) is 49.6 Å². The van der Waals surface area contributed by atoms with E-state index in [1.807, 2.05) is 12.3 Å². The second-order valence-corrected chi connectivity index (χ2v) is 6.96. The molecule has 5 heteroatoms. The molecule has 0 amide bonds. The molecular formula is C20H26N3O2+. The van der Waals surface area contributed by atoms with Crippen LogP contribution in [0.4, 0.5) is 0 Å². The van der Waals surface area contributed by atoms with Crippen LogP contribution < -0.4 is 9.64 Å². The first-order valence-corrected chi connectivity index (χ1v) is 9.03. The van der Waals surface area contributed by atoms with E-state index in [0.29, 0.717) is 6.04 Å². The SMILES string of the molecule is COc1ccc2c3ccnc(C)c3n(C(C)C[NH+]3CCOCC3)c2c1. The number of hydrogen-bond acceptors (Lipinski definition) is 3. The summed E-state index contributed by atoms with van der Waals surface area (Å²) in [4.78, 5) is 6.17. The Hall–Kier alpha value is -2.11. The molecule has 0 saturated carbocycles. The predicted molar refractivity (Wildman–Crippen MR) is 99.6 cm³/mol. The highest BCUT2D eigenvalue weighted by Crippen LogP contribution is 2.34. The zero-order valence-corrected chi connectivity index (χ0v) is 15.2. The first-order valence-electron chi connectivity index (χ1n) is 9.03. The van der Waals surface area contributed by atoms with Gasteiger partial charge in [-0.05, 0) is 32.0 Å². The maximum atomic E-state index is 5.51. The van der Waals surface area contributed by atoms with E-state index in [1.165, 1.54) is 21.8 Å². The quantitative estimate of drug-likeness (QED) is 0.790. The Labute approximate surface area is 148 Å². The fraction of sp³-hybridized carbons (Fsp3) is 0.450. The fourth-order valence-corrected chi connectivity index (χ4v) is 4.10. The van der Waals surface area contributed by atoms with Crippen molar-refractivity contribution in [2.75, 3.05) is 40.0 Å². The minimum atomic E-state index is 0.378. The molecule has 2 aromatic heterocycles. The van der Waals surface area contributed by atoms with E-state index in [4.69, 9.17) is 9.47 Å². The summed E-state index contributed by atoms with van der Waals surface area (Å²) in [5.74, 6) is 0.896. The molecule has 25 heavy (non-hydrogen) atoms. The fourth-order valence-electron chi connectivity index (χ4n) is 4.10. The number of aryl methyl sites for hydroxylation is 1. The number of benzene rings is 1. The molecule has 3 aromatic rings. The van der Waals surface area contributed by atoms with Gasteiger partial charge in [-0.25, -0.2) is 0 Å². The first kappa shape index (κ1) is 16.4. The van der Waals surface area contributed by atoms with Gasteiger partial charge in [0.2, 0.25) is 0 Å². The molecule has 1 unspecified atom stereocenters. The van der Waals surface area contributed by atoms with Crippen molar-refractivity contribution in [3.05, 3.63) is 36.2 Å². The van der Waals surface area contributed by atoms with E-state index in [-0.39, 0.29) is 0 Å². The van der Waals surface area contributed by atoms with Gasteiger partial charge in [-0.1, -0.05) is 0 Å². The Bertz CT molecular complexity index is 897. The molecule has 132 valence electrons. The Balaban J connectivity index is 1.86. The Morgan fingerprint density at radius 3 is 2.80 bits per heavy atom. The molecule has 5 nitrogen and oxygen atoms in total. The van der Waals surface area contributed by atoms with E-state index in [1.54, 1.807) is 12.0 Å². The van der Waals surface area contributed by atoms with Gasteiger partial charge in [0, 0.05) is 23.0 Å². The van der Waals surface area contributed by atoms with Gasteiger partial charge in [-0.15, -0.1) is 0 Å². The van der Waals surface area contributed by atoms with Crippen LogP contribution in [-0.2, 0) is 4.74 Å². The van der Waals surface area contributed by atoms with Crippen molar-refractivity contribution < 1.29 is 14.4 Å². The van der Waals surface area contributed by atoms with Crippen molar-refractivity contribution in [2.24, 2.45) is 0 Å². The molecule has 0 aliphatic carbocycles. The minimum absolute atomic E-state index is 0.378. The molecule has 0 radical (unpaired) electrons. The summed E-state index contributed by atoms with van der Waals surface area (Å²) in [5, 5.41) is 2.54. The number of nitrogens with zero attached hydrogens (tertiary/aromatic N) is 2. The second-order valence-electron chi connectivity index (χ2n) is 6.96. The van der Waals surface area contributed by atoms with Crippen LogP contribution >= 0.6 is 0 Å². The topological polar surface area (TPSA) is 40.7 Å². The van der Waals surface area contributed by atoms with E-state index in [2.05, 4.69) is 41.6 Å². The third-order valence-electron chi connectivity index (χ3n) is 5.33. The highest BCUT2D eigenvalue weighted by atomic mass is 16.5. The molecule has 3 heterocycles. The molecule has 0 spiro atoms. The maximum Gasteiger partial charge on any atom is 0.120 e. The monoisotopic (exact) mass is 340 g/mol. The van der Waals surface area contributed by atoms with Crippen LogP contribution in [0.1, 0.15) is 18.7 Å². The molecule has 1 saturated heterocycles. The Morgan fingerprint density at radius 1 is 1.24 bits per heavy atom. The van der Waals surface area contributed by atoms with Gasteiger partial charge in [0.25, 0.3) is 0 Å². The maximum absolute atomic E-state index is 5.51. The molecule has 1 N–H and O–H groups in total. The molecule has 1 fully saturated rings. The lowest BCUT2D eigenvalue weighted by Gasteiger charge is -2.27. The molecular weight excluding hydrogens is 314 g/mol. The van der Waals surface area contributed by atoms with Crippen LogP contribution in [0.3, 0.4) is 0 Å². The largest absolute Gasteiger partial charge is 0.497 e. The van der Waals surface area contributed by atoms with Crippen LogP contribution in [0.25, 0.3) is 21.8 Å². The Kier molecular flexibility index (Phi) is 4.36. The number of nitrogens with one attached hydrogen (secondary N) is 1. The van der Waals surface area contributed by atoms with Gasteiger partial charge in [0.15, 0.2) is 0 Å². The smallest absolute Gasteiger partial charge is 0.120 e. The lowest BCUT2D eigenvalue weighted by atomic mass is 10.1. The van der Waals surface area contributed by atoms with Crippen molar-refractivity contribution in [3.63, 3.8) is 0 Å². The minimum Gasteiger partial charge on any atom is -0.497 e. The van der Waals surface area contributed by atoms with Gasteiger partial charge in [-0.3, -0.25) is 4.98 Å². The number of aromatic nitrogens is 2. The van der Waals surface area contributed by atoms with Crippen LogP contribution in [0, 0.1) is 6.92 Å². The Morgan fingerprint density at radius 2 is 2.04 bits per heavy atom. The summed E-state index contributed by atoms with van der Waals surface area (Å²) in [5.41, 5.74) is 3.55. The standard InChI is InChI=1S/C20H25N3O2/c1-14(13-22-8-10-25-11-9-22)23-19-12-16(24-3)4-5-17(19)18-6-7-21-15(2)20(18)23/h4-7,12,14H,8-11,13H2,1-3H3/p+1. The molecule has 1 atom stereocenters. The third-order valence-corrected chi connectivity index (χ3v) is 5.33. The molecule has 4 rings (SSSR count). The van der Waals surface area contributed by atoms with E-state index in [0.717, 1.165) is 44.3 Å². The van der Waals surface area contributed by atoms with Crippen molar-refractivity contribution in [2.45, 2.75) is 19.9 Å². The summed E-state index contributed by atoms with van der Waals surface area (Å²) >= 11 is 0. The van der Waals surface area contributed by atoms with Crippen molar-refractivity contribution >= 4 is 21.8 Å². The molecule has 0 bridgehead atoms. The van der Waals surface area contributed by atoms with Gasteiger partial charge in [0.1, 0.15) is 18.8 Å². The van der Waals surface area contributed by atoms with Gasteiger partial charge in [-0.2, -0.15) is 0 Å². The predicted octanol–water partition coefficient (Wildman–Crippen LogP) is 1.98. The summed E-state index contributed by atoms with van der Waals surface area (Å²) in [6.45, 7) is 9.40. The summed E-state index contributed by atoms with van der Waals surface area (Å²) in [7, 11) is 1.72.